The minimum atomic E-state index is 0.153. The molecule has 0 radical (unpaired) electrons. The van der Waals surface area contributed by atoms with Crippen molar-refractivity contribution in [3.63, 3.8) is 0 Å². The summed E-state index contributed by atoms with van der Waals surface area (Å²) in [5.41, 5.74) is 2.98. The van der Waals surface area contributed by atoms with Gasteiger partial charge in [0, 0.05) is 25.3 Å². The number of hydrogen-bond acceptors (Lipinski definition) is 2. The van der Waals surface area contributed by atoms with Crippen LogP contribution in [-0.4, -0.2) is 25.3 Å². The number of hydrogen-bond donors (Lipinski definition) is 1. The van der Waals surface area contributed by atoms with Crippen LogP contribution in [-0.2, 0) is 4.74 Å². The molecule has 0 fully saturated rings. The number of aryl methyl sites for hydroxylation is 1. The van der Waals surface area contributed by atoms with Crippen LogP contribution < -0.4 is 5.32 Å². The molecule has 1 N–H and O–H groups in total. The van der Waals surface area contributed by atoms with Crippen molar-refractivity contribution < 1.29 is 4.74 Å². The van der Waals surface area contributed by atoms with Gasteiger partial charge in [-0.1, -0.05) is 38.1 Å². The summed E-state index contributed by atoms with van der Waals surface area (Å²) < 4.78 is 5.79. The van der Waals surface area contributed by atoms with Crippen molar-refractivity contribution in [2.24, 2.45) is 5.92 Å². The number of rotatable bonds is 8. The second-order valence-corrected chi connectivity index (χ2v) is 7.44. The molecule has 0 saturated heterocycles. The van der Waals surface area contributed by atoms with E-state index in [1.54, 1.807) is 0 Å². The second-order valence-electron chi connectivity index (χ2n) is 7.44. The Morgan fingerprint density at radius 1 is 1.14 bits per heavy atom. The number of ether oxygens (including phenoxy) is 1. The van der Waals surface area contributed by atoms with Crippen molar-refractivity contribution in [2.75, 3.05) is 19.8 Å². The van der Waals surface area contributed by atoms with E-state index in [1.165, 1.54) is 11.1 Å². The molecular weight excluding hydrogens is 258 g/mol. The summed E-state index contributed by atoms with van der Waals surface area (Å²) in [6.07, 6.45) is 1.07. The Morgan fingerprint density at radius 3 is 2.38 bits per heavy atom. The van der Waals surface area contributed by atoms with Crippen LogP contribution in [0.25, 0.3) is 0 Å². The van der Waals surface area contributed by atoms with Crippen LogP contribution in [0.1, 0.15) is 58.1 Å². The molecule has 0 heterocycles. The fourth-order valence-electron chi connectivity index (χ4n) is 2.39. The summed E-state index contributed by atoms with van der Waals surface area (Å²) >= 11 is 0. The maximum atomic E-state index is 5.79. The average molecular weight is 291 g/mol. The first-order valence-electron chi connectivity index (χ1n) is 8.18. The van der Waals surface area contributed by atoms with Crippen molar-refractivity contribution in [1.29, 1.82) is 0 Å². The van der Waals surface area contributed by atoms with Crippen molar-refractivity contribution in [1.82, 2.24) is 5.32 Å². The van der Waals surface area contributed by atoms with Gasteiger partial charge in [-0.15, -0.1) is 0 Å². The Morgan fingerprint density at radius 2 is 1.81 bits per heavy atom. The maximum Gasteiger partial charge on any atom is 0.0488 e. The Balaban J connectivity index is 2.64. The minimum Gasteiger partial charge on any atom is -0.381 e. The molecule has 1 rings (SSSR count). The molecule has 0 saturated carbocycles. The van der Waals surface area contributed by atoms with Gasteiger partial charge in [-0.05, 0) is 57.1 Å². The quantitative estimate of drug-likeness (QED) is 0.711. The predicted octanol–water partition coefficient (Wildman–Crippen LogP) is 4.53. The van der Waals surface area contributed by atoms with Gasteiger partial charge in [0.05, 0.1) is 0 Å². The third kappa shape index (κ3) is 7.63. The van der Waals surface area contributed by atoms with Gasteiger partial charge in [-0.25, -0.2) is 0 Å². The van der Waals surface area contributed by atoms with E-state index in [2.05, 4.69) is 71.1 Å². The molecule has 2 heteroatoms. The summed E-state index contributed by atoms with van der Waals surface area (Å²) in [4.78, 5) is 0. The van der Waals surface area contributed by atoms with Gasteiger partial charge in [0.2, 0.25) is 0 Å². The number of benzene rings is 1. The van der Waals surface area contributed by atoms with E-state index < -0.39 is 0 Å². The standard InChI is InChI=1S/C19H33NO/c1-15(2)14-21-12-11-17(13-20-19(4,5)6)18-10-8-7-9-16(18)3/h7-10,15,17,20H,11-14H2,1-6H3. The van der Waals surface area contributed by atoms with E-state index in [-0.39, 0.29) is 5.54 Å². The van der Waals surface area contributed by atoms with Crippen molar-refractivity contribution in [3.8, 4) is 0 Å². The molecule has 2 nitrogen and oxygen atoms in total. The van der Waals surface area contributed by atoms with E-state index in [0.717, 1.165) is 26.2 Å². The van der Waals surface area contributed by atoms with Crippen LogP contribution in [0.15, 0.2) is 24.3 Å². The van der Waals surface area contributed by atoms with E-state index >= 15 is 0 Å². The van der Waals surface area contributed by atoms with Gasteiger partial charge in [0.1, 0.15) is 0 Å². The first kappa shape index (κ1) is 18.2. The van der Waals surface area contributed by atoms with Gasteiger partial charge in [-0.3, -0.25) is 0 Å². The third-order valence-electron chi connectivity index (χ3n) is 3.57. The molecule has 1 aromatic rings. The molecule has 0 aliphatic carbocycles. The molecule has 0 amide bonds. The SMILES string of the molecule is Cc1ccccc1C(CCOCC(C)C)CNC(C)(C)C. The lowest BCUT2D eigenvalue weighted by molar-refractivity contribution is 0.103. The lowest BCUT2D eigenvalue weighted by Gasteiger charge is -2.26. The smallest absolute Gasteiger partial charge is 0.0488 e. The van der Waals surface area contributed by atoms with Gasteiger partial charge in [0.25, 0.3) is 0 Å². The summed E-state index contributed by atoms with van der Waals surface area (Å²) in [7, 11) is 0. The van der Waals surface area contributed by atoms with Crippen molar-refractivity contribution in [3.05, 3.63) is 35.4 Å². The zero-order chi connectivity index (χ0) is 15.9. The Hall–Kier alpha value is -0.860. The molecular formula is C19H33NO. The molecule has 0 bridgehead atoms. The van der Waals surface area contributed by atoms with Crippen LogP contribution >= 0.6 is 0 Å². The lowest BCUT2D eigenvalue weighted by Crippen LogP contribution is -2.39. The normalized spacial score (nSPS) is 13.7. The second kappa shape index (κ2) is 8.55. The first-order valence-corrected chi connectivity index (χ1v) is 8.18. The zero-order valence-corrected chi connectivity index (χ0v) is 14.7. The van der Waals surface area contributed by atoms with E-state index in [9.17, 15) is 0 Å². The van der Waals surface area contributed by atoms with Crippen LogP contribution in [0.5, 0.6) is 0 Å². The Labute approximate surface area is 131 Å². The van der Waals surface area contributed by atoms with Gasteiger partial charge < -0.3 is 10.1 Å². The zero-order valence-electron chi connectivity index (χ0n) is 14.7. The van der Waals surface area contributed by atoms with Gasteiger partial charge in [-0.2, -0.15) is 0 Å². The van der Waals surface area contributed by atoms with Crippen molar-refractivity contribution in [2.45, 2.75) is 59.4 Å². The Kier molecular flexibility index (Phi) is 7.41. The monoisotopic (exact) mass is 291 g/mol. The van der Waals surface area contributed by atoms with Gasteiger partial charge >= 0.3 is 0 Å². The molecule has 0 aromatic heterocycles. The lowest BCUT2D eigenvalue weighted by atomic mass is 9.91. The van der Waals surface area contributed by atoms with E-state index in [1.807, 2.05) is 0 Å². The topological polar surface area (TPSA) is 21.3 Å². The highest BCUT2D eigenvalue weighted by Crippen LogP contribution is 2.23. The van der Waals surface area contributed by atoms with Crippen LogP contribution in [0.4, 0.5) is 0 Å². The minimum absolute atomic E-state index is 0.153. The summed E-state index contributed by atoms with van der Waals surface area (Å²) in [5.74, 6) is 1.12. The molecule has 1 atom stereocenters. The predicted molar refractivity (Wildman–Crippen MR) is 91.9 cm³/mol. The molecule has 1 aromatic carbocycles. The molecule has 0 aliphatic heterocycles. The van der Waals surface area contributed by atoms with E-state index in [0.29, 0.717) is 11.8 Å². The van der Waals surface area contributed by atoms with Crippen LogP contribution in [0.2, 0.25) is 0 Å². The van der Waals surface area contributed by atoms with Gasteiger partial charge in [0.15, 0.2) is 0 Å². The maximum absolute atomic E-state index is 5.79. The largest absolute Gasteiger partial charge is 0.381 e. The molecule has 21 heavy (non-hydrogen) atoms. The highest BCUT2D eigenvalue weighted by atomic mass is 16.5. The number of nitrogens with one attached hydrogen (secondary N) is 1. The fourth-order valence-corrected chi connectivity index (χ4v) is 2.39. The molecule has 0 aliphatic rings. The summed E-state index contributed by atoms with van der Waals surface area (Å²) in [5, 5.41) is 3.64. The first-order chi connectivity index (χ1) is 9.79. The molecule has 120 valence electrons. The summed E-state index contributed by atoms with van der Waals surface area (Å²) in [6.45, 7) is 15.9. The highest BCUT2D eigenvalue weighted by molar-refractivity contribution is 5.29. The molecule has 0 spiro atoms. The van der Waals surface area contributed by atoms with Crippen molar-refractivity contribution >= 4 is 0 Å². The van der Waals surface area contributed by atoms with Crippen LogP contribution in [0.3, 0.4) is 0 Å². The highest BCUT2D eigenvalue weighted by Gasteiger charge is 2.17. The summed E-state index contributed by atoms with van der Waals surface area (Å²) in [6, 6.07) is 8.71. The Bertz CT molecular complexity index is 406. The van der Waals surface area contributed by atoms with Crippen LogP contribution in [0, 0.1) is 12.8 Å². The average Bonchev–Trinajstić information content (AvgIpc) is 2.37. The van der Waals surface area contributed by atoms with E-state index in [4.69, 9.17) is 4.74 Å². The fraction of sp³-hybridized carbons (Fsp3) is 0.684. The third-order valence-corrected chi connectivity index (χ3v) is 3.57. The molecule has 1 unspecified atom stereocenters.